The van der Waals surface area contributed by atoms with Gasteiger partial charge in [-0.05, 0) is 91.3 Å². The number of rotatable bonds is 16. The quantitative estimate of drug-likeness (QED) is 0.0983. The summed E-state index contributed by atoms with van der Waals surface area (Å²) in [7, 11) is 0. The predicted octanol–water partition coefficient (Wildman–Crippen LogP) is 9.08. The van der Waals surface area contributed by atoms with Crippen LogP contribution in [0.3, 0.4) is 0 Å². The van der Waals surface area contributed by atoms with E-state index in [-0.39, 0.29) is 24.3 Å². The first-order valence-electron chi connectivity index (χ1n) is 16.1. The molecule has 4 rings (SSSR count). The summed E-state index contributed by atoms with van der Waals surface area (Å²) < 4.78 is 10.8. The van der Waals surface area contributed by atoms with E-state index >= 15 is 0 Å². The van der Waals surface area contributed by atoms with Crippen LogP contribution >= 0.6 is 0 Å². The number of aryl methyl sites for hydroxylation is 3. The maximum absolute atomic E-state index is 13.3. The minimum Gasteiger partial charge on any atom is -0.493 e. The fourth-order valence-corrected chi connectivity index (χ4v) is 5.35. The average Bonchev–Trinajstić information content (AvgIpc) is 3.05. The Bertz CT molecular complexity index is 1480. The summed E-state index contributed by atoms with van der Waals surface area (Å²) in [5, 5.41) is 6.81. The average molecular weight is 607 g/mol. The van der Waals surface area contributed by atoms with Crippen LogP contribution in [-0.4, -0.2) is 25.1 Å². The molecule has 0 saturated carbocycles. The van der Waals surface area contributed by atoms with Gasteiger partial charge in [0.2, 0.25) is 0 Å². The summed E-state index contributed by atoms with van der Waals surface area (Å²) in [6, 6.07) is 30.9. The van der Waals surface area contributed by atoms with E-state index in [0.717, 1.165) is 42.6 Å². The second-order valence-electron chi connectivity index (χ2n) is 11.3. The molecule has 0 spiro atoms. The smallest absolute Gasteiger partial charge is 0.305 e. The molecule has 0 unspecified atom stereocenters. The predicted molar refractivity (Wildman–Crippen MR) is 183 cm³/mol. The zero-order valence-electron chi connectivity index (χ0n) is 27.0. The van der Waals surface area contributed by atoms with Crippen LogP contribution in [0.25, 0.3) is 0 Å². The molecular weight excluding hydrogens is 560 g/mol. The first kappa shape index (κ1) is 33.3. The van der Waals surface area contributed by atoms with Crippen LogP contribution in [0.5, 0.6) is 5.75 Å². The van der Waals surface area contributed by atoms with Crippen LogP contribution in [0, 0.1) is 6.92 Å². The van der Waals surface area contributed by atoms with E-state index in [1.165, 1.54) is 22.3 Å². The van der Waals surface area contributed by atoms with Crippen LogP contribution in [0.15, 0.2) is 91.0 Å². The molecule has 0 aromatic heterocycles. The van der Waals surface area contributed by atoms with Crippen molar-refractivity contribution in [3.8, 4) is 5.75 Å². The van der Waals surface area contributed by atoms with Crippen molar-refractivity contribution in [2.75, 3.05) is 23.8 Å². The number of para-hydroxylation sites is 1. The van der Waals surface area contributed by atoms with Gasteiger partial charge in [-0.1, -0.05) is 87.4 Å². The maximum Gasteiger partial charge on any atom is 0.305 e. The molecule has 0 fully saturated rings. The number of carbonyl (C=O) groups excluding carboxylic acids is 2. The number of esters is 1. The molecule has 0 heterocycles. The van der Waals surface area contributed by atoms with Crippen LogP contribution in [0.4, 0.5) is 11.4 Å². The summed E-state index contributed by atoms with van der Waals surface area (Å²) in [5.74, 6) is -0.0220. The lowest BCUT2D eigenvalue weighted by atomic mass is 9.95. The molecule has 0 aliphatic rings. The summed E-state index contributed by atoms with van der Waals surface area (Å²) >= 11 is 0. The topological polar surface area (TPSA) is 76.7 Å². The Hall–Kier alpha value is -4.58. The first-order chi connectivity index (χ1) is 21.9. The Morgan fingerprint density at radius 3 is 1.98 bits per heavy atom. The Morgan fingerprint density at radius 1 is 0.778 bits per heavy atom. The molecule has 1 amide bonds. The van der Waals surface area contributed by atoms with Gasteiger partial charge in [0.1, 0.15) is 5.75 Å². The van der Waals surface area contributed by atoms with Crippen molar-refractivity contribution in [1.82, 2.24) is 0 Å². The molecule has 2 N–H and O–H groups in total. The molecule has 4 aromatic carbocycles. The standard InChI is InChI=1S/C39H46N2O4/c1-5-11-29-16-20-31(21-17-29)38(32-22-18-30(12-6-2)19-23-32)40-33-24-25-35(28(4)27-33)41-39(43)34-13-8-9-14-36(34)45-26-10-15-37(42)44-7-3/h8-9,13-14,16-25,27,38,40H,5-7,10-12,15,26H2,1-4H3,(H,41,43). The molecule has 0 saturated heterocycles. The van der Waals surface area contributed by atoms with Crippen molar-refractivity contribution >= 4 is 23.3 Å². The fourth-order valence-electron chi connectivity index (χ4n) is 5.35. The first-order valence-corrected chi connectivity index (χ1v) is 16.1. The summed E-state index contributed by atoms with van der Waals surface area (Å²) in [5.41, 5.74) is 8.17. The number of ether oxygens (including phenoxy) is 2. The van der Waals surface area contributed by atoms with Gasteiger partial charge in [-0.15, -0.1) is 0 Å². The normalized spacial score (nSPS) is 10.9. The number of benzene rings is 4. The second-order valence-corrected chi connectivity index (χ2v) is 11.3. The molecule has 4 aromatic rings. The van der Waals surface area contributed by atoms with Gasteiger partial charge in [0.25, 0.3) is 5.91 Å². The van der Waals surface area contributed by atoms with Gasteiger partial charge < -0.3 is 20.1 Å². The summed E-state index contributed by atoms with van der Waals surface area (Å²) in [6.45, 7) is 8.85. The zero-order chi connectivity index (χ0) is 32.0. The third kappa shape index (κ3) is 9.70. The lowest BCUT2D eigenvalue weighted by Crippen LogP contribution is -2.16. The van der Waals surface area contributed by atoms with Gasteiger partial charge in [-0.2, -0.15) is 0 Å². The number of anilines is 2. The Morgan fingerprint density at radius 2 is 1.40 bits per heavy atom. The monoisotopic (exact) mass is 606 g/mol. The molecule has 45 heavy (non-hydrogen) atoms. The highest BCUT2D eigenvalue weighted by atomic mass is 16.5. The Kier molecular flexibility index (Phi) is 12.6. The highest BCUT2D eigenvalue weighted by molar-refractivity contribution is 6.06. The Balaban J connectivity index is 1.48. The maximum atomic E-state index is 13.3. The highest BCUT2D eigenvalue weighted by Gasteiger charge is 2.17. The van der Waals surface area contributed by atoms with E-state index < -0.39 is 0 Å². The molecular formula is C39H46N2O4. The number of carbonyl (C=O) groups is 2. The van der Waals surface area contributed by atoms with Gasteiger partial charge >= 0.3 is 5.97 Å². The van der Waals surface area contributed by atoms with E-state index in [9.17, 15) is 9.59 Å². The number of nitrogens with one attached hydrogen (secondary N) is 2. The van der Waals surface area contributed by atoms with E-state index in [4.69, 9.17) is 9.47 Å². The molecule has 0 aliphatic carbocycles. The number of hydrogen-bond acceptors (Lipinski definition) is 5. The van der Waals surface area contributed by atoms with Crippen molar-refractivity contribution in [3.05, 3.63) is 124 Å². The molecule has 0 atom stereocenters. The van der Waals surface area contributed by atoms with E-state index in [0.29, 0.717) is 30.9 Å². The van der Waals surface area contributed by atoms with Gasteiger partial charge in [-0.3, -0.25) is 9.59 Å². The lowest BCUT2D eigenvalue weighted by Gasteiger charge is -2.23. The van der Waals surface area contributed by atoms with Crippen molar-refractivity contribution in [2.24, 2.45) is 0 Å². The molecule has 6 heteroatoms. The fraction of sp³-hybridized carbons (Fsp3) is 0.333. The second kappa shape index (κ2) is 17.0. The lowest BCUT2D eigenvalue weighted by molar-refractivity contribution is -0.143. The van der Waals surface area contributed by atoms with Crippen molar-refractivity contribution in [1.29, 1.82) is 0 Å². The number of amides is 1. The third-order valence-corrected chi connectivity index (χ3v) is 7.71. The van der Waals surface area contributed by atoms with E-state index in [1.54, 1.807) is 19.1 Å². The molecule has 0 aliphatic heterocycles. The molecule has 236 valence electrons. The highest BCUT2D eigenvalue weighted by Crippen LogP contribution is 2.30. The van der Waals surface area contributed by atoms with Crippen LogP contribution in [0.1, 0.15) is 90.7 Å². The van der Waals surface area contributed by atoms with Crippen LogP contribution < -0.4 is 15.4 Å². The zero-order valence-corrected chi connectivity index (χ0v) is 27.0. The number of hydrogen-bond donors (Lipinski definition) is 2. The van der Waals surface area contributed by atoms with Crippen LogP contribution in [0.2, 0.25) is 0 Å². The minimum atomic E-state index is -0.253. The van der Waals surface area contributed by atoms with E-state index in [1.807, 2.05) is 31.2 Å². The summed E-state index contributed by atoms with van der Waals surface area (Å²) in [4.78, 5) is 24.9. The SMILES string of the molecule is CCCc1ccc(C(Nc2ccc(NC(=O)c3ccccc3OCCCC(=O)OCC)c(C)c2)c2ccc(CCC)cc2)cc1. The molecule has 6 nitrogen and oxygen atoms in total. The van der Waals surface area contributed by atoms with E-state index in [2.05, 4.69) is 79.1 Å². The molecule has 0 bridgehead atoms. The van der Waals surface area contributed by atoms with Gasteiger partial charge in [0.05, 0.1) is 24.8 Å². The summed E-state index contributed by atoms with van der Waals surface area (Å²) in [6.07, 6.45) is 5.17. The Labute approximate surface area is 268 Å². The van der Waals surface area contributed by atoms with Crippen molar-refractivity contribution in [3.63, 3.8) is 0 Å². The van der Waals surface area contributed by atoms with Gasteiger partial charge in [0, 0.05) is 17.8 Å². The van der Waals surface area contributed by atoms with Gasteiger partial charge in [0.15, 0.2) is 0 Å². The largest absolute Gasteiger partial charge is 0.493 e. The van der Waals surface area contributed by atoms with Crippen molar-refractivity contribution in [2.45, 2.75) is 72.3 Å². The minimum absolute atomic E-state index is 0.0240. The van der Waals surface area contributed by atoms with Crippen molar-refractivity contribution < 1.29 is 19.1 Å². The molecule has 0 radical (unpaired) electrons. The third-order valence-electron chi connectivity index (χ3n) is 7.71. The van der Waals surface area contributed by atoms with Gasteiger partial charge in [-0.25, -0.2) is 0 Å². The van der Waals surface area contributed by atoms with Crippen LogP contribution in [-0.2, 0) is 22.4 Å².